The maximum Gasteiger partial charge on any atom is 0.253 e. The first kappa shape index (κ1) is 29.8. The van der Waals surface area contributed by atoms with Gasteiger partial charge < -0.3 is 9.69 Å². The monoisotopic (exact) mass is 468 g/mol. The molecule has 0 bridgehead atoms. The first-order valence-electron chi connectivity index (χ1n) is 13.3. The van der Waals surface area contributed by atoms with Crippen LogP contribution in [0.5, 0.6) is 0 Å². The maximum atomic E-state index is 12.9. The van der Waals surface area contributed by atoms with Crippen molar-refractivity contribution >= 4 is 18.4 Å². The molecule has 0 N–H and O–H groups in total. The molecule has 0 aromatic rings. The molecule has 190 valence electrons. The Balaban J connectivity index is 0.00000107. The molecule has 1 heterocycles. The van der Waals surface area contributed by atoms with Gasteiger partial charge in [0, 0.05) is 31.9 Å². The molecule has 4 heteroatoms. The molecule has 0 radical (unpaired) electrons. The van der Waals surface area contributed by atoms with E-state index in [0.29, 0.717) is 17.8 Å². The molecular weight excluding hydrogens is 420 g/mol. The molecule has 3 aliphatic rings. The summed E-state index contributed by atoms with van der Waals surface area (Å²) >= 11 is 0. The summed E-state index contributed by atoms with van der Waals surface area (Å²) in [6.07, 6.45) is 19.6. The molecule has 0 aromatic carbocycles. The van der Waals surface area contributed by atoms with Gasteiger partial charge in [-0.25, -0.2) is 0 Å². The highest BCUT2D eigenvalue weighted by atomic mass is 16.2. The van der Waals surface area contributed by atoms with Crippen LogP contribution >= 0.6 is 0 Å². The molecule has 1 fully saturated rings. The summed E-state index contributed by atoms with van der Waals surface area (Å²) in [4.78, 5) is 28.0. The molecule has 2 unspecified atom stereocenters. The number of carbonyl (C=O) groups is 2. The summed E-state index contributed by atoms with van der Waals surface area (Å²) in [7, 11) is 1.87. The normalized spacial score (nSPS) is 28.4. The lowest BCUT2D eigenvalue weighted by atomic mass is 9.88. The molecule has 1 amide bonds. The predicted octanol–water partition coefficient (Wildman–Crippen LogP) is 7.13. The van der Waals surface area contributed by atoms with E-state index >= 15 is 0 Å². The number of amides is 1. The molecule has 4 nitrogen and oxygen atoms in total. The smallest absolute Gasteiger partial charge is 0.253 e. The van der Waals surface area contributed by atoms with Crippen molar-refractivity contribution in [2.45, 2.75) is 86.5 Å². The number of allylic oxidation sites excluding steroid dienone is 6. The van der Waals surface area contributed by atoms with Crippen molar-refractivity contribution in [3.05, 3.63) is 46.6 Å². The van der Waals surface area contributed by atoms with Crippen LogP contribution in [0.2, 0.25) is 0 Å². The Morgan fingerprint density at radius 3 is 2.53 bits per heavy atom. The Labute approximate surface area is 209 Å². The summed E-state index contributed by atoms with van der Waals surface area (Å²) in [6, 6.07) is 0. The van der Waals surface area contributed by atoms with Crippen molar-refractivity contribution in [2.24, 2.45) is 22.7 Å². The van der Waals surface area contributed by atoms with Crippen LogP contribution in [0.3, 0.4) is 0 Å². The van der Waals surface area contributed by atoms with E-state index in [0.717, 1.165) is 44.2 Å². The van der Waals surface area contributed by atoms with E-state index in [1.807, 2.05) is 31.9 Å². The number of aliphatic imine (C=N–C) groups is 1. The zero-order chi connectivity index (χ0) is 25.5. The highest BCUT2D eigenvalue weighted by Crippen LogP contribution is 2.35. The molecule has 1 aliphatic heterocycles. The Kier molecular flexibility index (Phi) is 14.4. The van der Waals surface area contributed by atoms with E-state index in [1.54, 1.807) is 0 Å². The molecule has 0 aromatic heterocycles. The average molecular weight is 469 g/mol. The van der Waals surface area contributed by atoms with E-state index in [-0.39, 0.29) is 5.91 Å². The molecule has 0 spiro atoms. The third kappa shape index (κ3) is 9.19. The fourth-order valence-corrected chi connectivity index (χ4v) is 4.99. The number of likely N-dealkylation sites (tertiary alicyclic amines) is 1. The Bertz CT molecular complexity index is 801. The average Bonchev–Trinajstić information content (AvgIpc) is 3.41. The fourth-order valence-electron chi connectivity index (χ4n) is 4.99. The van der Waals surface area contributed by atoms with Crippen molar-refractivity contribution in [2.75, 3.05) is 20.1 Å². The Hall–Kier alpha value is -2.23. The lowest BCUT2D eigenvalue weighted by Gasteiger charge is -2.20. The minimum Gasteiger partial charge on any atom is -0.338 e. The van der Waals surface area contributed by atoms with Crippen LogP contribution < -0.4 is 0 Å². The summed E-state index contributed by atoms with van der Waals surface area (Å²) in [6.45, 7) is 14.0. The molecule has 0 saturated carbocycles. The van der Waals surface area contributed by atoms with Crippen molar-refractivity contribution in [3.8, 4) is 0 Å². The number of aldehydes is 1. The lowest BCUT2D eigenvalue weighted by Crippen LogP contribution is -2.29. The van der Waals surface area contributed by atoms with Gasteiger partial charge in [0.25, 0.3) is 5.91 Å². The second-order valence-electron chi connectivity index (χ2n) is 9.53. The third-order valence-corrected chi connectivity index (χ3v) is 6.94. The molecule has 1 saturated heterocycles. The van der Waals surface area contributed by atoms with Crippen LogP contribution in [-0.4, -0.2) is 43.4 Å². The number of carbonyl (C=O) groups excluding carboxylic acids is 2. The SMILES string of the molecule is CC.CC=O.CN=CC1=C(C)CCC1CCC/C1=C/C=C(C(=O)N2CC[C@H](C)C2)\C=C\CC1C. The number of nitrogens with zero attached hydrogens (tertiary/aromatic N) is 2. The van der Waals surface area contributed by atoms with E-state index in [9.17, 15) is 4.79 Å². The van der Waals surface area contributed by atoms with Gasteiger partial charge in [-0.15, -0.1) is 0 Å². The second-order valence-corrected chi connectivity index (χ2v) is 9.53. The van der Waals surface area contributed by atoms with E-state index in [2.05, 4.69) is 50.2 Å². The quantitative estimate of drug-likeness (QED) is 0.307. The van der Waals surface area contributed by atoms with Crippen LogP contribution in [-0.2, 0) is 9.59 Å². The zero-order valence-corrected chi connectivity index (χ0v) is 22.8. The van der Waals surface area contributed by atoms with E-state index in [1.165, 1.54) is 49.3 Å². The van der Waals surface area contributed by atoms with Crippen LogP contribution in [0.25, 0.3) is 0 Å². The summed E-state index contributed by atoms with van der Waals surface area (Å²) < 4.78 is 0. The van der Waals surface area contributed by atoms with Crippen LogP contribution in [0.4, 0.5) is 0 Å². The van der Waals surface area contributed by atoms with Gasteiger partial charge in [0.2, 0.25) is 0 Å². The molecular formula is C30H48N2O2. The van der Waals surface area contributed by atoms with Gasteiger partial charge in [0.15, 0.2) is 0 Å². The first-order chi connectivity index (χ1) is 16.4. The van der Waals surface area contributed by atoms with Gasteiger partial charge in [0.05, 0.1) is 0 Å². The summed E-state index contributed by atoms with van der Waals surface area (Å²) in [5.74, 6) is 2.04. The largest absolute Gasteiger partial charge is 0.338 e. The van der Waals surface area contributed by atoms with Gasteiger partial charge in [-0.3, -0.25) is 9.79 Å². The lowest BCUT2D eigenvalue weighted by molar-refractivity contribution is -0.125. The Morgan fingerprint density at radius 2 is 1.91 bits per heavy atom. The van der Waals surface area contributed by atoms with Crippen molar-refractivity contribution in [1.29, 1.82) is 0 Å². The molecule has 3 atom stereocenters. The third-order valence-electron chi connectivity index (χ3n) is 6.94. The maximum absolute atomic E-state index is 12.9. The van der Waals surface area contributed by atoms with Crippen molar-refractivity contribution in [3.63, 3.8) is 0 Å². The summed E-state index contributed by atoms with van der Waals surface area (Å²) in [5.41, 5.74) is 5.33. The van der Waals surface area contributed by atoms with Crippen molar-refractivity contribution in [1.82, 2.24) is 4.90 Å². The second kappa shape index (κ2) is 16.4. The van der Waals surface area contributed by atoms with E-state index < -0.39 is 0 Å². The Morgan fingerprint density at radius 1 is 1.21 bits per heavy atom. The molecule has 34 heavy (non-hydrogen) atoms. The molecule has 2 aliphatic carbocycles. The summed E-state index contributed by atoms with van der Waals surface area (Å²) in [5, 5.41) is 0. The van der Waals surface area contributed by atoms with Gasteiger partial charge in [-0.2, -0.15) is 0 Å². The minimum atomic E-state index is 0.200. The number of hydrogen-bond donors (Lipinski definition) is 0. The van der Waals surface area contributed by atoms with Gasteiger partial charge in [-0.05, 0) is 88.2 Å². The van der Waals surface area contributed by atoms with Crippen LogP contribution in [0, 0.1) is 17.8 Å². The van der Waals surface area contributed by atoms with E-state index in [4.69, 9.17) is 4.79 Å². The highest BCUT2D eigenvalue weighted by molar-refractivity contribution is 5.96. The fraction of sp³-hybridized carbons (Fsp3) is 0.633. The van der Waals surface area contributed by atoms with Crippen LogP contribution in [0.1, 0.15) is 86.5 Å². The van der Waals surface area contributed by atoms with Crippen LogP contribution in [0.15, 0.2) is 51.6 Å². The number of hydrogen-bond acceptors (Lipinski definition) is 3. The molecule has 3 rings (SSSR count). The topological polar surface area (TPSA) is 49.7 Å². The predicted molar refractivity (Wildman–Crippen MR) is 146 cm³/mol. The van der Waals surface area contributed by atoms with Gasteiger partial charge in [0.1, 0.15) is 6.29 Å². The number of rotatable bonds is 6. The van der Waals surface area contributed by atoms with Gasteiger partial charge >= 0.3 is 0 Å². The first-order valence-corrected chi connectivity index (χ1v) is 13.3. The standard InChI is InChI=1S/C26H38N2O.C2H4O.C2H6/c1-19-15-16-28(18-19)26(29)24-10-5-7-20(2)22(13-14-24)8-6-9-23-12-11-21(3)25(23)17-27-4;1-2-3;1-2/h5,10,13-14,17,19-20,23H,6-9,11-12,15-16,18H2,1-4H3;2H,1H3;1-2H3/b10-5+,22-13-,24-14+,27-17?;;/t19-,20?,23?;;/m0../s1. The zero-order valence-electron chi connectivity index (χ0n) is 22.8. The minimum absolute atomic E-state index is 0.200. The highest BCUT2D eigenvalue weighted by Gasteiger charge is 2.25. The van der Waals surface area contributed by atoms with Crippen molar-refractivity contribution < 1.29 is 9.59 Å². The van der Waals surface area contributed by atoms with Gasteiger partial charge in [-0.1, -0.05) is 57.1 Å².